The van der Waals surface area contributed by atoms with Gasteiger partial charge in [0.15, 0.2) is 18.9 Å². The van der Waals surface area contributed by atoms with Gasteiger partial charge < -0.3 is 89.9 Å². The minimum atomic E-state index is -1.98. The molecular formula is C73H137NO18. The van der Waals surface area contributed by atoms with Crippen LogP contribution < -0.4 is 5.32 Å². The number of hydrogen-bond donors (Lipinski definition) is 12. The highest BCUT2D eigenvalue weighted by Gasteiger charge is 2.53. The smallest absolute Gasteiger partial charge is 0.220 e. The molecule has 0 aliphatic carbocycles. The molecule has 92 heavy (non-hydrogen) atoms. The summed E-state index contributed by atoms with van der Waals surface area (Å²) < 4.78 is 34.3. The Morgan fingerprint density at radius 1 is 0.380 bits per heavy atom. The zero-order valence-electron chi connectivity index (χ0n) is 57.5. The van der Waals surface area contributed by atoms with Crippen molar-refractivity contribution < 1.29 is 89.4 Å². The Hall–Kier alpha value is -1.73. The van der Waals surface area contributed by atoms with E-state index in [9.17, 15) is 61.0 Å². The summed E-state index contributed by atoms with van der Waals surface area (Å²) in [6, 6.07) is -0.986. The Bertz CT molecular complexity index is 1760. The predicted molar refractivity (Wildman–Crippen MR) is 360 cm³/mol. The number of unbranched alkanes of at least 4 members (excludes halogenated alkanes) is 41. The molecule has 19 nitrogen and oxygen atoms in total. The van der Waals surface area contributed by atoms with Crippen LogP contribution in [0.3, 0.4) is 0 Å². The third-order valence-electron chi connectivity index (χ3n) is 19.0. The number of rotatable bonds is 59. The van der Waals surface area contributed by atoms with Crippen LogP contribution in [0.4, 0.5) is 0 Å². The lowest BCUT2D eigenvalue weighted by molar-refractivity contribution is -0.379. The van der Waals surface area contributed by atoms with Crippen LogP contribution >= 0.6 is 0 Å². The Kier molecular flexibility index (Phi) is 50.7. The maximum absolute atomic E-state index is 13.4. The lowest BCUT2D eigenvalue weighted by Gasteiger charge is -2.48. The van der Waals surface area contributed by atoms with Gasteiger partial charge in [-0.1, -0.05) is 289 Å². The number of nitrogens with one attached hydrogen (secondary N) is 1. The van der Waals surface area contributed by atoms with Gasteiger partial charge in [-0.3, -0.25) is 4.79 Å². The average Bonchev–Trinajstić information content (AvgIpc) is 0.852. The molecule has 0 saturated carbocycles. The van der Waals surface area contributed by atoms with Crippen molar-refractivity contribution in [3.8, 4) is 0 Å². The van der Waals surface area contributed by atoms with Crippen molar-refractivity contribution in [3.05, 3.63) is 24.3 Å². The number of allylic oxidation sites excluding steroid dienone is 3. The van der Waals surface area contributed by atoms with E-state index >= 15 is 0 Å². The molecule has 19 heteroatoms. The van der Waals surface area contributed by atoms with E-state index in [4.69, 9.17) is 28.4 Å². The Labute approximate surface area is 556 Å². The molecule has 17 unspecified atom stereocenters. The highest BCUT2D eigenvalue weighted by Crippen LogP contribution is 2.33. The van der Waals surface area contributed by atoms with Crippen LogP contribution in [0, 0.1) is 0 Å². The fourth-order valence-electron chi connectivity index (χ4n) is 12.9. The lowest BCUT2D eigenvalue weighted by Crippen LogP contribution is -2.66. The van der Waals surface area contributed by atoms with Crippen LogP contribution in [-0.2, 0) is 33.2 Å². The van der Waals surface area contributed by atoms with Crippen molar-refractivity contribution >= 4 is 5.91 Å². The average molecular weight is 1320 g/mol. The van der Waals surface area contributed by atoms with Gasteiger partial charge in [0.25, 0.3) is 0 Å². The molecule has 0 aromatic carbocycles. The summed E-state index contributed by atoms with van der Waals surface area (Å²) in [5.74, 6) is -0.280. The van der Waals surface area contributed by atoms with Crippen molar-refractivity contribution in [2.24, 2.45) is 0 Å². The van der Waals surface area contributed by atoms with Crippen LogP contribution in [0.15, 0.2) is 24.3 Å². The molecule has 0 spiro atoms. The van der Waals surface area contributed by atoms with Crippen LogP contribution in [0.5, 0.6) is 0 Å². The van der Waals surface area contributed by atoms with Crippen molar-refractivity contribution in [1.29, 1.82) is 0 Å². The zero-order chi connectivity index (χ0) is 66.8. The van der Waals surface area contributed by atoms with Gasteiger partial charge in [0.2, 0.25) is 5.91 Å². The van der Waals surface area contributed by atoms with E-state index in [-0.39, 0.29) is 18.9 Å². The van der Waals surface area contributed by atoms with Crippen LogP contribution in [0.1, 0.15) is 303 Å². The topological polar surface area (TPSA) is 307 Å². The number of amides is 1. The van der Waals surface area contributed by atoms with Crippen LogP contribution in [0.25, 0.3) is 0 Å². The van der Waals surface area contributed by atoms with Gasteiger partial charge in [0.05, 0.1) is 38.6 Å². The normalized spacial score (nSPS) is 27.8. The number of ether oxygens (including phenoxy) is 6. The van der Waals surface area contributed by atoms with Gasteiger partial charge in [-0.15, -0.1) is 0 Å². The van der Waals surface area contributed by atoms with E-state index < -0.39 is 124 Å². The molecule has 1 amide bonds. The molecule has 3 aliphatic rings. The number of aliphatic hydroxyl groups is 11. The van der Waals surface area contributed by atoms with Crippen molar-refractivity contribution in [1.82, 2.24) is 5.32 Å². The summed E-state index contributed by atoms with van der Waals surface area (Å²) in [4.78, 5) is 13.4. The summed E-state index contributed by atoms with van der Waals surface area (Å²) in [6.45, 7) is 1.74. The predicted octanol–water partition coefficient (Wildman–Crippen LogP) is 11.0. The van der Waals surface area contributed by atoms with E-state index in [0.717, 1.165) is 38.5 Å². The fourth-order valence-corrected chi connectivity index (χ4v) is 12.9. The Morgan fingerprint density at radius 2 is 0.696 bits per heavy atom. The van der Waals surface area contributed by atoms with Crippen LogP contribution in [-0.4, -0.2) is 193 Å². The molecule has 0 aromatic rings. The largest absolute Gasteiger partial charge is 0.394 e. The first-order chi connectivity index (χ1) is 44.8. The quantitative estimate of drug-likeness (QED) is 0.0199. The fraction of sp³-hybridized carbons (Fsp3) is 0.932. The minimum Gasteiger partial charge on any atom is -0.394 e. The van der Waals surface area contributed by atoms with Crippen molar-refractivity contribution in [2.75, 3.05) is 26.4 Å². The van der Waals surface area contributed by atoms with Gasteiger partial charge in [-0.25, -0.2) is 0 Å². The second kappa shape index (κ2) is 55.2. The molecule has 3 heterocycles. The van der Waals surface area contributed by atoms with E-state index in [1.54, 1.807) is 6.08 Å². The third kappa shape index (κ3) is 36.2. The first-order valence-corrected chi connectivity index (χ1v) is 37.6. The van der Waals surface area contributed by atoms with Gasteiger partial charge in [0, 0.05) is 6.42 Å². The molecule has 542 valence electrons. The zero-order valence-corrected chi connectivity index (χ0v) is 57.5. The van der Waals surface area contributed by atoms with Gasteiger partial charge in [-0.05, 0) is 32.1 Å². The summed E-state index contributed by atoms with van der Waals surface area (Å²) >= 11 is 0. The minimum absolute atomic E-state index is 0.241. The van der Waals surface area contributed by atoms with E-state index in [1.807, 2.05) is 6.08 Å². The summed E-state index contributed by atoms with van der Waals surface area (Å²) in [5.41, 5.74) is 0. The molecule has 0 bridgehead atoms. The second-order valence-electron chi connectivity index (χ2n) is 27.1. The monoisotopic (exact) mass is 1320 g/mol. The van der Waals surface area contributed by atoms with E-state index in [0.29, 0.717) is 12.8 Å². The molecule has 12 N–H and O–H groups in total. The SMILES string of the molecule is CCCCCCCCCC/C=C/CC/C=C/C(O)C(COC1OC(CO)C(OC2OC(CO)C(OC3OC(CO)C(O)C(O)C3O)C(O)C2O)C(O)C1O)NC(=O)CCCCCCCCCCCCCCCCCCCCCCCCCCCCCCCCCCC. The highest BCUT2D eigenvalue weighted by molar-refractivity contribution is 5.76. The second-order valence-corrected chi connectivity index (χ2v) is 27.1. The molecule has 3 aliphatic heterocycles. The third-order valence-corrected chi connectivity index (χ3v) is 19.0. The van der Waals surface area contributed by atoms with Crippen molar-refractivity contribution in [2.45, 2.75) is 407 Å². The van der Waals surface area contributed by atoms with E-state index in [2.05, 4.69) is 31.3 Å². The molecule has 17 atom stereocenters. The number of carbonyl (C=O) groups excluding carboxylic acids is 1. The first-order valence-electron chi connectivity index (χ1n) is 37.6. The summed E-state index contributed by atoms with van der Waals surface area (Å²) in [7, 11) is 0. The van der Waals surface area contributed by atoms with Gasteiger partial charge >= 0.3 is 0 Å². The molecule has 0 radical (unpaired) electrons. The number of aliphatic hydroxyl groups excluding tert-OH is 11. The molecule has 3 saturated heterocycles. The summed E-state index contributed by atoms with van der Waals surface area (Å²) in [5, 5.41) is 120. The Balaban J connectivity index is 1.34. The van der Waals surface area contributed by atoms with Crippen LogP contribution in [0.2, 0.25) is 0 Å². The van der Waals surface area contributed by atoms with Crippen molar-refractivity contribution in [3.63, 3.8) is 0 Å². The summed E-state index contributed by atoms with van der Waals surface area (Å²) in [6.07, 6.45) is 37.7. The van der Waals surface area contributed by atoms with Gasteiger partial charge in [-0.2, -0.15) is 0 Å². The molecule has 0 aromatic heterocycles. The molecule has 3 fully saturated rings. The maximum Gasteiger partial charge on any atom is 0.220 e. The number of hydrogen-bond acceptors (Lipinski definition) is 18. The highest BCUT2D eigenvalue weighted by atomic mass is 16.8. The van der Waals surface area contributed by atoms with Gasteiger partial charge in [0.1, 0.15) is 73.2 Å². The first kappa shape index (κ1) is 84.5. The lowest BCUT2D eigenvalue weighted by atomic mass is 9.96. The molecule has 3 rings (SSSR count). The van der Waals surface area contributed by atoms with E-state index in [1.165, 1.54) is 231 Å². The molecular weight excluding hydrogens is 1180 g/mol. The standard InChI is InChI=1S/C73H137NO18/c1-3-5-7-9-11-13-15-17-19-20-21-22-23-24-25-26-27-28-29-30-31-32-33-34-35-36-37-39-41-43-45-47-49-51-61(79)74-56(57(78)50-48-46-44-42-40-38-18-16-14-12-10-8-6-4-2)55-87-71-67(85)64(82)69(59(53-76)89-71)92-73-68(86)65(83)70(60(54-77)90-73)91-72-66(84)63(81)62(80)58(52-75)88-72/h40,42,48,50,56-60,62-73,75-78,80-86H,3-39,41,43-47,49,51-55H2,1-2H3,(H,74,79)/b42-40+,50-48+. The maximum atomic E-state index is 13.4. The number of carbonyl (C=O) groups is 1. The Morgan fingerprint density at radius 3 is 1.09 bits per heavy atom.